The molecule has 122 valence electrons. The molecule has 2 rings (SSSR count). The first-order valence-corrected chi connectivity index (χ1v) is 8.27. The summed E-state index contributed by atoms with van der Waals surface area (Å²) < 4.78 is 5.41. The van der Waals surface area contributed by atoms with Crippen LogP contribution in [0.4, 0.5) is 5.69 Å². The molecule has 1 aliphatic heterocycles. The van der Waals surface area contributed by atoms with Crippen LogP contribution < -0.4 is 10.1 Å². The van der Waals surface area contributed by atoms with Crippen molar-refractivity contribution in [1.29, 1.82) is 0 Å². The van der Waals surface area contributed by atoms with Gasteiger partial charge in [0.05, 0.1) is 12.6 Å². The van der Waals surface area contributed by atoms with E-state index in [1.807, 2.05) is 38.1 Å². The number of rotatable bonds is 5. The molecule has 1 heterocycles. The first kappa shape index (κ1) is 16.8. The number of carbonyl (C=O) groups is 1. The lowest BCUT2D eigenvalue weighted by Crippen LogP contribution is -2.48. The molecule has 1 N–H and O–H groups in total. The average molecular weight is 304 g/mol. The van der Waals surface area contributed by atoms with Crippen molar-refractivity contribution in [2.24, 2.45) is 11.8 Å². The fourth-order valence-corrected chi connectivity index (χ4v) is 3.24. The molecule has 0 aliphatic carbocycles. The Morgan fingerprint density at radius 3 is 2.41 bits per heavy atom. The lowest BCUT2D eigenvalue weighted by atomic mass is 9.91. The monoisotopic (exact) mass is 304 g/mol. The van der Waals surface area contributed by atoms with Gasteiger partial charge in [0.2, 0.25) is 5.91 Å². The highest BCUT2D eigenvalue weighted by atomic mass is 16.5. The molecule has 0 radical (unpaired) electrons. The second-order valence-electron chi connectivity index (χ2n) is 6.52. The van der Waals surface area contributed by atoms with Crippen molar-refractivity contribution in [2.75, 3.05) is 25.0 Å². The fourth-order valence-electron chi connectivity index (χ4n) is 3.24. The molecular weight excluding hydrogens is 276 g/mol. The van der Waals surface area contributed by atoms with E-state index in [0.717, 1.165) is 24.5 Å². The second kappa shape index (κ2) is 7.63. The van der Waals surface area contributed by atoms with Gasteiger partial charge < -0.3 is 10.1 Å². The summed E-state index contributed by atoms with van der Waals surface area (Å²) in [6, 6.07) is 7.44. The van der Waals surface area contributed by atoms with Crippen molar-refractivity contribution in [1.82, 2.24) is 4.90 Å². The Bertz CT molecular complexity index is 476. The molecule has 0 bridgehead atoms. The van der Waals surface area contributed by atoms with Crippen molar-refractivity contribution in [3.05, 3.63) is 24.3 Å². The predicted octanol–water partition coefficient (Wildman–Crippen LogP) is 3.39. The summed E-state index contributed by atoms with van der Waals surface area (Å²) in [6.07, 6.45) is 1.25. The molecule has 4 nitrogen and oxygen atoms in total. The fraction of sp³-hybridized carbons (Fsp3) is 0.611. The van der Waals surface area contributed by atoms with Gasteiger partial charge >= 0.3 is 0 Å². The molecule has 1 fully saturated rings. The van der Waals surface area contributed by atoms with Crippen molar-refractivity contribution in [3.63, 3.8) is 0 Å². The molecule has 22 heavy (non-hydrogen) atoms. The average Bonchev–Trinajstić information content (AvgIpc) is 2.47. The lowest BCUT2D eigenvalue weighted by Gasteiger charge is -2.38. The van der Waals surface area contributed by atoms with Gasteiger partial charge in [0.15, 0.2) is 0 Å². The van der Waals surface area contributed by atoms with Gasteiger partial charge in [-0.05, 0) is 56.4 Å². The Morgan fingerprint density at radius 2 is 1.86 bits per heavy atom. The Hall–Kier alpha value is -1.55. The Labute approximate surface area is 133 Å². The number of amides is 1. The summed E-state index contributed by atoms with van der Waals surface area (Å²) >= 11 is 0. The van der Waals surface area contributed by atoms with E-state index in [0.29, 0.717) is 18.4 Å². The van der Waals surface area contributed by atoms with E-state index in [4.69, 9.17) is 4.74 Å². The molecule has 0 saturated carbocycles. The highest BCUT2D eigenvalue weighted by molar-refractivity contribution is 5.94. The standard InChI is InChI=1S/C18H28N2O2/c1-5-22-17-8-6-16(7-9-17)19-18(21)15(4)20-11-13(2)10-14(3)12-20/h6-9,13-15H,5,10-12H2,1-4H3,(H,19,21)/t13-,14-,15-/m0/s1. The molecule has 1 aromatic carbocycles. The number of carbonyl (C=O) groups excluding carboxylic acids is 1. The van der Waals surface area contributed by atoms with Crippen LogP contribution >= 0.6 is 0 Å². The van der Waals surface area contributed by atoms with Crippen molar-refractivity contribution in [2.45, 2.75) is 40.2 Å². The lowest BCUT2D eigenvalue weighted by molar-refractivity contribution is -0.121. The van der Waals surface area contributed by atoms with Gasteiger partial charge in [-0.15, -0.1) is 0 Å². The molecule has 0 unspecified atom stereocenters. The summed E-state index contributed by atoms with van der Waals surface area (Å²) in [5.41, 5.74) is 0.818. The van der Waals surface area contributed by atoms with Gasteiger partial charge in [0.25, 0.3) is 0 Å². The summed E-state index contributed by atoms with van der Waals surface area (Å²) in [7, 11) is 0. The summed E-state index contributed by atoms with van der Waals surface area (Å²) in [5.74, 6) is 2.20. The van der Waals surface area contributed by atoms with Crippen LogP contribution in [0.25, 0.3) is 0 Å². The van der Waals surface area contributed by atoms with E-state index in [2.05, 4.69) is 24.1 Å². The van der Waals surface area contributed by atoms with Crippen LogP contribution in [-0.4, -0.2) is 36.5 Å². The SMILES string of the molecule is CCOc1ccc(NC(=O)[C@H](C)N2C[C@@H](C)C[C@H](C)C2)cc1. The van der Waals surface area contributed by atoms with Crippen LogP contribution in [0.15, 0.2) is 24.3 Å². The minimum Gasteiger partial charge on any atom is -0.494 e. The molecular formula is C18H28N2O2. The van der Waals surface area contributed by atoms with Crippen molar-refractivity contribution in [3.8, 4) is 5.75 Å². The molecule has 1 aliphatic rings. The van der Waals surface area contributed by atoms with Crippen LogP contribution in [-0.2, 0) is 4.79 Å². The van der Waals surface area contributed by atoms with Gasteiger partial charge in [0, 0.05) is 18.8 Å². The van der Waals surface area contributed by atoms with E-state index in [9.17, 15) is 4.79 Å². The van der Waals surface area contributed by atoms with Crippen LogP contribution in [0.2, 0.25) is 0 Å². The van der Waals surface area contributed by atoms with Crippen LogP contribution in [0, 0.1) is 11.8 Å². The minimum atomic E-state index is -0.100. The van der Waals surface area contributed by atoms with E-state index >= 15 is 0 Å². The summed E-state index contributed by atoms with van der Waals surface area (Å²) in [6.45, 7) is 11.1. The number of anilines is 1. The highest BCUT2D eigenvalue weighted by Gasteiger charge is 2.28. The molecule has 1 saturated heterocycles. The van der Waals surface area contributed by atoms with Gasteiger partial charge in [-0.25, -0.2) is 0 Å². The number of likely N-dealkylation sites (tertiary alicyclic amines) is 1. The zero-order valence-corrected chi connectivity index (χ0v) is 14.1. The predicted molar refractivity (Wildman–Crippen MR) is 90.2 cm³/mol. The molecule has 3 atom stereocenters. The number of benzene rings is 1. The number of ether oxygens (including phenoxy) is 1. The van der Waals surface area contributed by atoms with Gasteiger partial charge in [-0.2, -0.15) is 0 Å². The molecule has 0 spiro atoms. The third-order valence-electron chi connectivity index (χ3n) is 4.26. The first-order valence-electron chi connectivity index (χ1n) is 8.27. The number of nitrogens with one attached hydrogen (secondary N) is 1. The highest BCUT2D eigenvalue weighted by Crippen LogP contribution is 2.23. The van der Waals surface area contributed by atoms with Gasteiger partial charge in [-0.3, -0.25) is 9.69 Å². The molecule has 1 aromatic rings. The zero-order valence-electron chi connectivity index (χ0n) is 14.1. The third kappa shape index (κ3) is 4.47. The van der Waals surface area contributed by atoms with Crippen molar-refractivity contribution >= 4 is 11.6 Å². The number of hydrogen-bond donors (Lipinski definition) is 1. The smallest absolute Gasteiger partial charge is 0.241 e. The summed E-state index contributed by atoms with van der Waals surface area (Å²) in [5, 5.41) is 3.00. The minimum absolute atomic E-state index is 0.0606. The van der Waals surface area contributed by atoms with Crippen LogP contribution in [0.1, 0.15) is 34.1 Å². The maximum Gasteiger partial charge on any atom is 0.241 e. The van der Waals surface area contributed by atoms with E-state index in [-0.39, 0.29) is 11.9 Å². The zero-order chi connectivity index (χ0) is 16.1. The Balaban J connectivity index is 1.93. The second-order valence-corrected chi connectivity index (χ2v) is 6.52. The Morgan fingerprint density at radius 1 is 1.27 bits per heavy atom. The van der Waals surface area contributed by atoms with Crippen molar-refractivity contribution < 1.29 is 9.53 Å². The van der Waals surface area contributed by atoms with Crippen LogP contribution in [0.3, 0.4) is 0 Å². The van der Waals surface area contributed by atoms with E-state index in [1.54, 1.807) is 0 Å². The van der Waals surface area contributed by atoms with Gasteiger partial charge in [0.1, 0.15) is 5.75 Å². The number of nitrogens with zero attached hydrogens (tertiary/aromatic N) is 1. The third-order valence-corrected chi connectivity index (χ3v) is 4.26. The van der Waals surface area contributed by atoms with E-state index < -0.39 is 0 Å². The molecule has 0 aromatic heterocycles. The molecule has 4 heteroatoms. The first-order chi connectivity index (χ1) is 10.5. The summed E-state index contributed by atoms with van der Waals surface area (Å²) in [4.78, 5) is 14.7. The normalized spacial score (nSPS) is 23.8. The Kier molecular flexibility index (Phi) is 5.83. The largest absolute Gasteiger partial charge is 0.494 e. The maximum atomic E-state index is 12.5. The maximum absolute atomic E-state index is 12.5. The molecule has 1 amide bonds. The number of hydrogen-bond acceptors (Lipinski definition) is 3. The number of piperidine rings is 1. The van der Waals surface area contributed by atoms with Crippen LogP contribution in [0.5, 0.6) is 5.75 Å². The van der Waals surface area contributed by atoms with Gasteiger partial charge in [-0.1, -0.05) is 13.8 Å². The topological polar surface area (TPSA) is 41.6 Å². The van der Waals surface area contributed by atoms with E-state index in [1.165, 1.54) is 6.42 Å². The quantitative estimate of drug-likeness (QED) is 0.906.